The average molecular weight is 177 g/mol. The zero-order valence-electron chi connectivity index (χ0n) is 7.01. The molecule has 0 aliphatic heterocycles. The molecule has 5 heteroatoms. The van der Waals surface area contributed by atoms with Gasteiger partial charge in [-0.3, -0.25) is 0 Å². The van der Waals surface area contributed by atoms with E-state index < -0.39 is 0 Å². The number of hydrogen-bond acceptors (Lipinski definition) is 3. The SMILES string of the molecule is NN=C(N)N/N=C\c1ccccc1. The van der Waals surface area contributed by atoms with Gasteiger partial charge in [-0.2, -0.15) is 5.10 Å². The Kier molecular flexibility index (Phi) is 3.31. The third kappa shape index (κ3) is 3.24. The van der Waals surface area contributed by atoms with Crippen LogP contribution in [0.15, 0.2) is 40.5 Å². The molecule has 0 aliphatic rings. The van der Waals surface area contributed by atoms with Crippen LogP contribution in [0.2, 0.25) is 0 Å². The van der Waals surface area contributed by atoms with Crippen molar-refractivity contribution in [2.24, 2.45) is 21.8 Å². The summed E-state index contributed by atoms with van der Waals surface area (Å²) >= 11 is 0. The highest BCUT2D eigenvalue weighted by molar-refractivity contribution is 5.82. The van der Waals surface area contributed by atoms with E-state index in [0.29, 0.717) is 0 Å². The topological polar surface area (TPSA) is 88.8 Å². The Morgan fingerprint density at radius 3 is 2.62 bits per heavy atom. The molecule has 1 aromatic carbocycles. The van der Waals surface area contributed by atoms with Crippen molar-refractivity contribution in [3.8, 4) is 0 Å². The molecule has 0 radical (unpaired) electrons. The molecule has 68 valence electrons. The maximum atomic E-state index is 5.24. The van der Waals surface area contributed by atoms with Crippen LogP contribution in [0.5, 0.6) is 0 Å². The fourth-order valence-electron chi connectivity index (χ4n) is 0.741. The lowest BCUT2D eigenvalue weighted by Gasteiger charge is -1.95. The molecule has 0 bridgehead atoms. The van der Waals surface area contributed by atoms with Gasteiger partial charge in [-0.15, -0.1) is 5.10 Å². The highest BCUT2D eigenvalue weighted by Crippen LogP contribution is 1.92. The van der Waals surface area contributed by atoms with Gasteiger partial charge in [0.2, 0.25) is 5.96 Å². The van der Waals surface area contributed by atoms with Crippen LogP contribution in [0.1, 0.15) is 5.56 Å². The van der Waals surface area contributed by atoms with Gasteiger partial charge in [0.25, 0.3) is 0 Å². The minimum Gasteiger partial charge on any atom is -0.367 e. The van der Waals surface area contributed by atoms with E-state index in [4.69, 9.17) is 11.6 Å². The van der Waals surface area contributed by atoms with E-state index in [-0.39, 0.29) is 5.96 Å². The van der Waals surface area contributed by atoms with E-state index in [2.05, 4.69) is 15.6 Å². The first kappa shape index (κ1) is 9.05. The largest absolute Gasteiger partial charge is 0.367 e. The number of rotatable bonds is 2. The molecule has 5 N–H and O–H groups in total. The van der Waals surface area contributed by atoms with Gasteiger partial charge in [0.15, 0.2) is 0 Å². The first-order chi connectivity index (χ1) is 6.33. The summed E-state index contributed by atoms with van der Waals surface area (Å²) < 4.78 is 0. The van der Waals surface area contributed by atoms with Gasteiger partial charge in [0.1, 0.15) is 0 Å². The number of guanidine groups is 1. The number of benzene rings is 1. The van der Waals surface area contributed by atoms with Crippen LogP contribution in [-0.4, -0.2) is 12.2 Å². The first-order valence-electron chi connectivity index (χ1n) is 3.70. The van der Waals surface area contributed by atoms with Gasteiger partial charge < -0.3 is 11.6 Å². The third-order valence-electron chi connectivity index (χ3n) is 1.33. The Balaban J connectivity index is 2.50. The Morgan fingerprint density at radius 2 is 2.00 bits per heavy atom. The van der Waals surface area contributed by atoms with E-state index in [9.17, 15) is 0 Å². The van der Waals surface area contributed by atoms with Crippen LogP contribution in [0.3, 0.4) is 0 Å². The number of hydrogen-bond donors (Lipinski definition) is 3. The normalized spacial score (nSPS) is 11.8. The van der Waals surface area contributed by atoms with Crippen molar-refractivity contribution in [1.82, 2.24) is 5.43 Å². The van der Waals surface area contributed by atoms with Crippen LogP contribution < -0.4 is 17.0 Å². The molecule has 0 aliphatic carbocycles. The monoisotopic (exact) mass is 177 g/mol. The Morgan fingerprint density at radius 1 is 1.31 bits per heavy atom. The van der Waals surface area contributed by atoms with Crippen molar-refractivity contribution in [3.63, 3.8) is 0 Å². The van der Waals surface area contributed by atoms with Crippen LogP contribution >= 0.6 is 0 Å². The zero-order chi connectivity index (χ0) is 9.52. The second kappa shape index (κ2) is 4.76. The predicted molar refractivity (Wildman–Crippen MR) is 53.0 cm³/mol. The summed E-state index contributed by atoms with van der Waals surface area (Å²) in [7, 11) is 0. The molecule has 0 fully saturated rings. The van der Waals surface area contributed by atoms with Crippen LogP contribution in [-0.2, 0) is 0 Å². The lowest BCUT2D eigenvalue weighted by molar-refractivity contribution is 0.993. The smallest absolute Gasteiger partial charge is 0.231 e. The molecule has 0 saturated carbocycles. The molecule has 0 spiro atoms. The lowest BCUT2D eigenvalue weighted by Crippen LogP contribution is -2.28. The fraction of sp³-hybridized carbons (Fsp3) is 0. The van der Waals surface area contributed by atoms with E-state index >= 15 is 0 Å². The summed E-state index contributed by atoms with van der Waals surface area (Å²) in [5.74, 6) is 4.95. The van der Waals surface area contributed by atoms with Crippen molar-refractivity contribution < 1.29 is 0 Å². The molecule has 0 atom stereocenters. The van der Waals surface area contributed by atoms with Gasteiger partial charge in [-0.25, -0.2) is 5.43 Å². The highest BCUT2D eigenvalue weighted by Gasteiger charge is 1.84. The maximum Gasteiger partial charge on any atom is 0.231 e. The van der Waals surface area contributed by atoms with Gasteiger partial charge in [-0.05, 0) is 5.56 Å². The molecular weight excluding hydrogens is 166 g/mol. The van der Waals surface area contributed by atoms with E-state index in [0.717, 1.165) is 5.56 Å². The second-order valence-electron chi connectivity index (χ2n) is 2.30. The Labute approximate surface area is 76.1 Å². The number of nitrogens with two attached hydrogens (primary N) is 2. The molecule has 0 aromatic heterocycles. The summed E-state index contributed by atoms with van der Waals surface area (Å²) in [5, 5.41) is 6.99. The predicted octanol–water partition coefficient (Wildman–Crippen LogP) is -0.201. The third-order valence-corrected chi connectivity index (χ3v) is 1.33. The van der Waals surface area contributed by atoms with Gasteiger partial charge in [-0.1, -0.05) is 30.3 Å². The summed E-state index contributed by atoms with van der Waals surface area (Å²) in [6.45, 7) is 0. The molecule has 0 heterocycles. The van der Waals surface area contributed by atoms with Gasteiger partial charge >= 0.3 is 0 Å². The van der Waals surface area contributed by atoms with Crippen LogP contribution in [0.4, 0.5) is 0 Å². The van der Waals surface area contributed by atoms with E-state index in [1.807, 2.05) is 30.3 Å². The zero-order valence-corrected chi connectivity index (χ0v) is 7.01. The van der Waals surface area contributed by atoms with E-state index in [1.54, 1.807) is 6.21 Å². The fourth-order valence-corrected chi connectivity index (χ4v) is 0.741. The molecule has 5 nitrogen and oxygen atoms in total. The van der Waals surface area contributed by atoms with Crippen molar-refractivity contribution in [2.45, 2.75) is 0 Å². The minimum atomic E-state index is 0.0761. The van der Waals surface area contributed by atoms with Gasteiger partial charge in [0, 0.05) is 0 Å². The average Bonchev–Trinajstić information content (AvgIpc) is 2.19. The molecule has 1 rings (SSSR count). The van der Waals surface area contributed by atoms with Crippen molar-refractivity contribution in [2.75, 3.05) is 0 Å². The van der Waals surface area contributed by atoms with Crippen molar-refractivity contribution in [3.05, 3.63) is 35.9 Å². The molecule has 0 amide bonds. The molecule has 13 heavy (non-hydrogen) atoms. The first-order valence-corrected chi connectivity index (χ1v) is 3.70. The molecule has 0 unspecified atom stereocenters. The Bertz CT molecular complexity index is 304. The Hall–Kier alpha value is -2.04. The van der Waals surface area contributed by atoms with Crippen molar-refractivity contribution in [1.29, 1.82) is 0 Å². The molecule has 0 saturated heterocycles. The minimum absolute atomic E-state index is 0.0761. The summed E-state index contributed by atoms with van der Waals surface area (Å²) in [6, 6.07) is 9.60. The van der Waals surface area contributed by atoms with Crippen LogP contribution in [0.25, 0.3) is 0 Å². The van der Waals surface area contributed by atoms with E-state index in [1.165, 1.54) is 0 Å². The quantitative estimate of drug-likeness (QED) is 0.253. The number of hydrazone groups is 2. The number of nitrogens with one attached hydrogen (secondary N) is 1. The lowest BCUT2D eigenvalue weighted by atomic mass is 10.2. The summed E-state index contributed by atoms with van der Waals surface area (Å²) in [6.07, 6.45) is 1.62. The van der Waals surface area contributed by atoms with Crippen molar-refractivity contribution >= 4 is 12.2 Å². The summed E-state index contributed by atoms with van der Waals surface area (Å²) in [4.78, 5) is 0. The molecule has 1 aromatic rings. The highest BCUT2D eigenvalue weighted by atomic mass is 15.4. The standard InChI is InChI=1S/C8H11N5/c9-8(12-10)13-11-6-7-4-2-1-3-5-7/h1-6H,10H2,(H3,9,12,13)/b11-6-. The van der Waals surface area contributed by atoms with Gasteiger partial charge in [0.05, 0.1) is 6.21 Å². The second-order valence-corrected chi connectivity index (χ2v) is 2.30. The van der Waals surface area contributed by atoms with Crippen LogP contribution in [0, 0.1) is 0 Å². The number of nitrogens with zero attached hydrogens (tertiary/aromatic N) is 2. The maximum absolute atomic E-state index is 5.24. The summed E-state index contributed by atoms with van der Waals surface area (Å²) in [5.41, 5.74) is 8.66. The molecular formula is C8H11N5.